The number of rotatable bonds is 2. The molecule has 3 heterocycles. The summed E-state index contributed by atoms with van der Waals surface area (Å²) in [5.74, 6) is -2.53. The van der Waals surface area contributed by atoms with E-state index in [1.807, 2.05) is 0 Å². The number of hydrogen-bond donors (Lipinski definition) is 1. The van der Waals surface area contributed by atoms with Crippen LogP contribution in [0.1, 0.15) is 16.1 Å². The highest BCUT2D eigenvalue weighted by atomic mass is 19.1. The third kappa shape index (κ3) is 2.41. The molecule has 0 aliphatic carbocycles. The van der Waals surface area contributed by atoms with Gasteiger partial charge >= 0.3 is 5.97 Å². The number of nitrogens with zero attached hydrogens (tertiary/aromatic N) is 3. The molecule has 1 fully saturated rings. The molecule has 22 heavy (non-hydrogen) atoms. The van der Waals surface area contributed by atoms with Crippen molar-refractivity contribution in [3.05, 3.63) is 35.5 Å². The molecule has 0 aromatic carbocycles. The zero-order chi connectivity index (χ0) is 15.9. The molecular formula is C14H14FN3O4. The Bertz CT molecular complexity index is 758. The molecule has 1 N–H and O–H groups in total. The minimum atomic E-state index is -1.15. The van der Waals surface area contributed by atoms with Crippen molar-refractivity contribution in [1.82, 2.24) is 14.3 Å². The smallest absolute Gasteiger partial charge is 0.334 e. The van der Waals surface area contributed by atoms with Gasteiger partial charge in [-0.05, 0) is 18.6 Å². The van der Waals surface area contributed by atoms with Crippen molar-refractivity contribution in [1.29, 1.82) is 0 Å². The van der Waals surface area contributed by atoms with Crippen molar-refractivity contribution in [3.8, 4) is 0 Å². The predicted octanol–water partition coefficient (Wildman–Crippen LogP) is 0.707. The van der Waals surface area contributed by atoms with E-state index in [-0.39, 0.29) is 25.4 Å². The van der Waals surface area contributed by atoms with Gasteiger partial charge in [0.25, 0.3) is 5.91 Å². The third-order valence-electron chi connectivity index (χ3n) is 3.54. The van der Waals surface area contributed by atoms with Crippen LogP contribution in [0.2, 0.25) is 0 Å². The fourth-order valence-electron chi connectivity index (χ4n) is 2.39. The van der Waals surface area contributed by atoms with Gasteiger partial charge in [-0.15, -0.1) is 0 Å². The van der Waals surface area contributed by atoms with Crippen LogP contribution in [0.5, 0.6) is 0 Å². The maximum Gasteiger partial charge on any atom is 0.334 e. The van der Waals surface area contributed by atoms with E-state index < -0.39 is 23.9 Å². The number of carboxylic acid groups (broad SMARTS) is 1. The minimum absolute atomic E-state index is 0.0941. The number of aromatic nitrogens is 2. The maximum atomic E-state index is 14.4. The van der Waals surface area contributed by atoms with Gasteiger partial charge in [0.2, 0.25) is 5.95 Å². The Morgan fingerprint density at radius 3 is 2.95 bits per heavy atom. The van der Waals surface area contributed by atoms with E-state index in [0.717, 1.165) is 5.56 Å². The van der Waals surface area contributed by atoms with E-state index >= 15 is 0 Å². The molecule has 2 aromatic rings. The second kappa shape index (κ2) is 5.38. The molecule has 116 valence electrons. The second-order valence-corrected chi connectivity index (χ2v) is 5.13. The first-order chi connectivity index (χ1) is 10.5. The van der Waals surface area contributed by atoms with Crippen LogP contribution in [-0.2, 0) is 9.53 Å². The number of morpholine rings is 1. The van der Waals surface area contributed by atoms with Gasteiger partial charge in [-0.1, -0.05) is 6.07 Å². The monoisotopic (exact) mass is 307 g/mol. The van der Waals surface area contributed by atoms with Crippen LogP contribution in [0.15, 0.2) is 18.3 Å². The molecule has 0 bridgehead atoms. The standard InChI is InChI=1S/C14H14FN3O4/c1-8-2-3-10-16-11(12(15)18(10)6-8)13(19)17-4-5-22-9(7-17)14(20)21/h2-3,6,9H,4-5,7H2,1H3,(H,20,21)/t9-/m1/s1. The molecular weight excluding hydrogens is 293 g/mol. The lowest BCUT2D eigenvalue weighted by Gasteiger charge is -2.30. The first-order valence-electron chi connectivity index (χ1n) is 6.75. The highest BCUT2D eigenvalue weighted by molar-refractivity contribution is 5.93. The van der Waals surface area contributed by atoms with Crippen LogP contribution in [0, 0.1) is 12.9 Å². The second-order valence-electron chi connectivity index (χ2n) is 5.13. The molecule has 0 saturated carbocycles. The SMILES string of the molecule is Cc1ccc2nc(C(=O)N3CCO[C@@H](C(=O)O)C3)c(F)n2c1. The summed E-state index contributed by atoms with van der Waals surface area (Å²) in [4.78, 5) is 28.6. The molecule has 1 amide bonds. The van der Waals surface area contributed by atoms with Gasteiger partial charge in [-0.25, -0.2) is 9.78 Å². The average molecular weight is 307 g/mol. The Morgan fingerprint density at radius 2 is 2.23 bits per heavy atom. The zero-order valence-corrected chi connectivity index (χ0v) is 11.8. The van der Waals surface area contributed by atoms with Gasteiger partial charge < -0.3 is 14.7 Å². The lowest BCUT2D eigenvalue weighted by Crippen LogP contribution is -2.48. The first-order valence-corrected chi connectivity index (χ1v) is 6.75. The van der Waals surface area contributed by atoms with E-state index in [0.29, 0.717) is 5.65 Å². The van der Waals surface area contributed by atoms with Crippen molar-refractivity contribution in [2.45, 2.75) is 13.0 Å². The van der Waals surface area contributed by atoms with Crippen LogP contribution in [-0.4, -0.2) is 57.1 Å². The molecule has 0 radical (unpaired) electrons. The highest BCUT2D eigenvalue weighted by Crippen LogP contribution is 2.16. The molecule has 0 spiro atoms. The molecule has 7 nitrogen and oxygen atoms in total. The predicted molar refractivity (Wildman–Crippen MR) is 73.2 cm³/mol. The summed E-state index contributed by atoms with van der Waals surface area (Å²) in [7, 11) is 0. The van der Waals surface area contributed by atoms with Gasteiger partial charge in [0.05, 0.1) is 13.2 Å². The number of halogens is 1. The quantitative estimate of drug-likeness (QED) is 0.883. The van der Waals surface area contributed by atoms with Crippen LogP contribution in [0.4, 0.5) is 4.39 Å². The maximum absolute atomic E-state index is 14.4. The fraction of sp³-hybridized carbons (Fsp3) is 0.357. The topological polar surface area (TPSA) is 84.1 Å². The number of amides is 1. The summed E-state index contributed by atoms with van der Waals surface area (Å²) in [5, 5.41) is 8.95. The Kier molecular flexibility index (Phi) is 3.53. The number of fused-ring (bicyclic) bond motifs is 1. The van der Waals surface area contributed by atoms with Gasteiger partial charge in [0, 0.05) is 12.7 Å². The van der Waals surface area contributed by atoms with Crippen molar-refractivity contribution >= 4 is 17.5 Å². The number of pyridine rings is 1. The number of aryl methyl sites for hydroxylation is 1. The molecule has 1 aliphatic heterocycles. The summed E-state index contributed by atoms with van der Waals surface area (Å²) >= 11 is 0. The summed E-state index contributed by atoms with van der Waals surface area (Å²) < 4.78 is 20.6. The van der Waals surface area contributed by atoms with Gasteiger partial charge in [-0.2, -0.15) is 4.39 Å². The van der Waals surface area contributed by atoms with Crippen LogP contribution in [0.3, 0.4) is 0 Å². The molecule has 1 aliphatic rings. The number of ether oxygens (including phenoxy) is 1. The Morgan fingerprint density at radius 1 is 1.45 bits per heavy atom. The summed E-state index contributed by atoms with van der Waals surface area (Å²) in [5.41, 5.74) is 0.853. The number of aliphatic carboxylic acids is 1. The first kappa shape index (κ1) is 14.5. The van der Waals surface area contributed by atoms with Crippen molar-refractivity contribution < 1.29 is 23.8 Å². The minimum Gasteiger partial charge on any atom is -0.479 e. The average Bonchev–Trinajstić information content (AvgIpc) is 2.83. The largest absolute Gasteiger partial charge is 0.479 e. The Balaban J connectivity index is 1.92. The Hall–Kier alpha value is -2.48. The zero-order valence-electron chi connectivity index (χ0n) is 11.8. The van der Waals surface area contributed by atoms with Crippen molar-refractivity contribution in [2.24, 2.45) is 0 Å². The van der Waals surface area contributed by atoms with Gasteiger partial charge in [0.1, 0.15) is 5.65 Å². The fourth-order valence-corrected chi connectivity index (χ4v) is 2.39. The van der Waals surface area contributed by atoms with Crippen molar-refractivity contribution in [3.63, 3.8) is 0 Å². The molecule has 1 atom stereocenters. The molecule has 3 rings (SSSR count). The van der Waals surface area contributed by atoms with E-state index in [2.05, 4.69) is 4.98 Å². The Labute approximate surface area is 124 Å². The summed E-state index contributed by atoms with van der Waals surface area (Å²) in [6.07, 6.45) is 0.452. The van der Waals surface area contributed by atoms with Gasteiger partial charge in [-0.3, -0.25) is 9.20 Å². The number of carbonyl (C=O) groups excluding carboxylic acids is 1. The van der Waals surface area contributed by atoms with E-state index in [9.17, 15) is 14.0 Å². The normalized spacial score (nSPS) is 18.6. The van der Waals surface area contributed by atoms with E-state index in [1.54, 1.807) is 25.3 Å². The number of imidazole rings is 1. The lowest BCUT2D eigenvalue weighted by atomic mass is 10.2. The van der Waals surface area contributed by atoms with Gasteiger partial charge in [0.15, 0.2) is 11.8 Å². The van der Waals surface area contributed by atoms with Crippen LogP contribution < -0.4 is 0 Å². The molecule has 2 aromatic heterocycles. The molecule has 1 saturated heterocycles. The summed E-state index contributed by atoms with van der Waals surface area (Å²) in [6, 6.07) is 3.39. The number of hydrogen-bond acceptors (Lipinski definition) is 4. The van der Waals surface area contributed by atoms with E-state index in [1.165, 1.54) is 9.30 Å². The van der Waals surface area contributed by atoms with Crippen LogP contribution in [0.25, 0.3) is 5.65 Å². The highest BCUT2D eigenvalue weighted by Gasteiger charge is 2.32. The third-order valence-corrected chi connectivity index (χ3v) is 3.54. The number of carboxylic acids is 1. The summed E-state index contributed by atoms with van der Waals surface area (Å²) in [6.45, 7) is 1.98. The molecule has 0 unspecified atom stereocenters. The molecule has 8 heteroatoms. The van der Waals surface area contributed by atoms with Crippen molar-refractivity contribution in [2.75, 3.05) is 19.7 Å². The van der Waals surface area contributed by atoms with Crippen LogP contribution >= 0.6 is 0 Å². The van der Waals surface area contributed by atoms with E-state index in [4.69, 9.17) is 9.84 Å². The number of carbonyl (C=O) groups is 2. The lowest BCUT2D eigenvalue weighted by molar-refractivity contribution is -0.154.